The zero-order valence-corrected chi connectivity index (χ0v) is 25.6. The van der Waals surface area contributed by atoms with Crippen molar-refractivity contribution in [2.75, 3.05) is 26.2 Å². The van der Waals surface area contributed by atoms with E-state index in [1.165, 1.54) is 12.1 Å². The number of nitrogens with one attached hydrogen (secondary N) is 3. The first-order valence-electron chi connectivity index (χ1n) is 15.1. The minimum absolute atomic E-state index is 0. The number of ketones is 1. The normalized spacial score (nSPS) is 17.5. The van der Waals surface area contributed by atoms with Gasteiger partial charge in [-0.05, 0) is 48.6 Å². The number of rotatable bonds is 14. The van der Waals surface area contributed by atoms with Crippen molar-refractivity contribution in [1.82, 2.24) is 20.9 Å². The topological polar surface area (TPSA) is 137 Å². The number of phenolic OH excluding ortho intramolecular Hbond substituents is 1. The van der Waals surface area contributed by atoms with Gasteiger partial charge in [-0.2, -0.15) is 0 Å². The van der Waals surface area contributed by atoms with Gasteiger partial charge >= 0.3 is 0 Å². The molecule has 4 rings (SSSR count). The van der Waals surface area contributed by atoms with Gasteiger partial charge in [0.1, 0.15) is 13.2 Å². The van der Waals surface area contributed by atoms with Crippen molar-refractivity contribution in [3.8, 4) is 5.75 Å². The van der Waals surface area contributed by atoms with Gasteiger partial charge in [0.25, 0.3) is 0 Å². The van der Waals surface area contributed by atoms with Crippen LogP contribution in [0.4, 0.5) is 0 Å². The van der Waals surface area contributed by atoms with Crippen molar-refractivity contribution in [3.63, 3.8) is 0 Å². The molecule has 0 aliphatic carbocycles. The monoisotopic (exact) mass is 620 g/mol. The van der Waals surface area contributed by atoms with Crippen molar-refractivity contribution >= 4 is 36.1 Å². The van der Waals surface area contributed by atoms with Crippen molar-refractivity contribution < 1.29 is 20.9 Å². The molecule has 0 bridgehead atoms. The summed E-state index contributed by atoms with van der Waals surface area (Å²) >= 11 is 0. The number of aromatic hydroxyl groups is 1. The average molecular weight is 621 g/mol. The van der Waals surface area contributed by atoms with E-state index in [0.29, 0.717) is 26.1 Å². The fourth-order valence-electron chi connectivity index (χ4n) is 5.08. The second-order valence-electron chi connectivity index (χ2n) is 10.8. The molecular weight excluding hydrogens is 578 g/mol. The zero-order chi connectivity index (χ0) is 31.3. The van der Waals surface area contributed by atoms with E-state index in [1.54, 1.807) is 19.1 Å². The van der Waals surface area contributed by atoms with E-state index < -0.39 is 36.0 Å². The Bertz CT molecular complexity index is 1390. The number of amides is 2. The van der Waals surface area contributed by atoms with Crippen molar-refractivity contribution in [2.45, 2.75) is 43.9 Å². The number of carbonyl (C=O) groups excluding carboxylic acids is 3. The highest BCUT2D eigenvalue weighted by Gasteiger charge is 2.34. The minimum atomic E-state index is -0.946. The maximum Gasteiger partial charge on any atom is 0.242 e. The van der Waals surface area contributed by atoms with Gasteiger partial charge < -0.3 is 26.8 Å². The van der Waals surface area contributed by atoms with Gasteiger partial charge in [0.05, 0.1) is 18.1 Å². The Kier molecular flexibility index (Phi) is 12.9. The van der Waals surface area contributed by atoms with Gasteiger partial charge in [-0.1, -0.05) is 84.9 Å². The molecule has 4 atom stereocenters. The molecule has 3 aromatic carbocycles. The molecule has 2 amide bonds. The molecule has 44 heavy (non-hydrogen) atoms. The van der Waals surface area contributed by atoms with Crippen LogP contribution in [0.25, 0.3) is 6.08 Å². The Hall–Kier alpha value is -4.02. The SMILES string of the molecule is Cl.[2H]N[C@@H](Cc1ccc(O)cc1)C(=O)N[C@@H](C)C(=O)N[C@@H](Cc1ccccc1)C(=O)C1CNCCN1CC=Cc1ccccc1. The van der Waals surface area contributed by atoms with Crippen LogP contribution in [-0.4, -0.2) is 78.0 Å². The van der Waals surface area contributed by atoms with Crippen molar-refractivity contribution in [3.05, 3.63) is 108 Å². The third-order valence-electron chi connectivity index (χ3n) is 7.52. The molecule has 1 aliphatic rings. The van der Waals surface area contributed by atoms with Crippen LogP contribution in [0, 0.1) is 0 Å². The summed E-state index contributed by atoms with van der Waals surface area (Å²) in [6, 6.07) is 22.8. The van der Waals surface area contributed by atoms with Crippen molar-refractivity contribution in [2.24, 2.45) is 5.73 Å². The average Bonchev–Trinajstić information content (AvgIpc) is 3.05. The Morgan fingerprint density at radius 3 is 2.32 bits per heavy atom. The molecule has 0 aromatic heterocycles. The lowest BCUT2D eigenvalue weighted by atomic mass is 9.95. The summed E-state index contributed by atoms with van der Waals surface area (Å²) < 4.78 is 7.64. The summed E-state index contributed by atoms with van der Waals surface area (Å²) in [5, 5.41) is 18.4. The molecule has 10 heteroatoms. The summed E-state index contributed by atoms with van der Waals surface area (Å²) in [5.74, 6) is -0.997. The lowest BCUT2D eigenvalue weighted by molar-refractivity contribution is -0.133. The maximum absolute atomic E-state index is 14.0. The number of piperazine rings is 1. The molecular formula is C34H42ClN5O4. The van der Waals surface area contributed by atoms with E-state index in [2.05, 4.69) is 32.7 Å². The second kappa shape index (κ2) is 17.3. The number of benzene rings is 3. The highest BCUT2D eigenvalue weighted by molar-refractivity contribution is 5.95. The van der Waals surface area contributed by atoms with Gasteiger partial charge in [0.2, 0.25) is 11.8 Å². The number of nitrogens with zero attached hydrogens (tertiary/aromatic N) is 1. The summed E-state index contributed by atoms with van der Waals surface area (Å²) in [6.45, 7) is 4.07. The van der Waals surface area contributed by atoms with Crippen LogP contribution in [0.2, 0.25) is 1.41 Å². The minimum Gasteiger partial charge on any atom is -0.508 e. The number of carbonyl (C=O) groups is 3. The van der Waals surface area contributed by atoms with E-state index in [9.17, 15) is 19.5 Å². The van der Waals surface area contributed by atoms with Crippen LogP contribution in [0.1, 0.15) is 23.6 Å². The number of Topliss-reactive ketones (excluding diaryl/α,β-unsaturated/α-hetero) is 1. The first-order chi connectivity index (χ1) is 21.3. The molecule has 6 N–H and O–H groups in total. The fraction of sp³-hybridized carbons (Fsp3) is 0.324. The van der Waals surface area contributed by atoms with Crippen LogP contribution in [-0.2, 0) is 27.2 Å². The number of hydrogen-bond acceptors (Lipinski definition) is 7. The first kappa shape index (κ1) is 32.9. The van der Waals surface area contributed by atoms with Crippen LogP contribution in [0.15, 0.2) is 91.0 Å². The summed E-state index contributed by atoms with van der Waals surface area (Å²) in [6.07, 6.45) is 4.60. The smallest absolute Gasteiger partial charge is 0.242 e. The first-order valence-corrected chi connectivity index (χ1v) is 14.6. The Morgan fingerprint density at radius 2 is 1.64 bits per heavy atom. The standard InChI is InChI=1S/C34H41N5O4.ClH/c1-24(37-34(43)29(35)21-27-14-16-28(40)17-15-27)33(42)38-30(22-26-11-6-3-7-12-26)32(41)31-23-36-18-20-39(31)19-8-13-25-9-4-2-5-10-25;/h2-17,24,29-31,36,40H,18-23,35H2,1H3,(H,37,43)(H,38,42);1H/t24-,29-,30-,31?;/m0./s1/i/hD. The largest absolute Gasteiger partial charge is 0.508 e. The number of halogens is 1. The van der Waals surface area contributed by atoms with E-state index in [4.69, 9.17) is 1.41 Å². The molecule has 234 valence electrons. The zero-order valence-electron chi connectivity index (χ0n) is 25.8. The Morgan fingerprint density at radius 1 is 0.977 bits per heavy atom. The highest BCUT2D eigenvalue weighted by atomic mass is 35.5. The van der Waals surface area contributed by atoms with Gasteiger partial charge in [-0.3, -0.25) is 19.3 Å². The summed E-state index contributed by atoms with van der Waals surface area (Å²) in [7, 11) is 0. The van der Waals surface area contributed by atoms with E-state index >= 15 is 0 Å². The van der Waals surface area contributed by atoms with Gasteiger partial charge in [0, 0.05) is 26.2 Å². The lowest BCUT2D eigenvalue weighted by Gasteiger charge is -2.36. The van der Waals surface area contributed by atoms with Crippen LogP contribution < -0.4 is 21.7 Å². The Labute approximate surface area is 266 Å². The summed E-state index contributed by atoms with van der Waals surface area (Å²) in [5.41, 5.74) is 4.99. The van der Waals surface area contributed by atoms with Gasteiger partial charge in [0.15, 0.2) is 5.78 Å². The van der Waals surface area contributed by atoms with Crippen LogP contribution in [0.3, 0.4) is 0 Å². The fourth-order valence-corrected chi connectivity index (χ4v) is 5.08. The number of phenols is 1. The quantitative estimate of drug-likeness (QED) is 0.187. The number of nitrogens with two attached hydrogens (primary N) is 1. The van der Waals surface area contributed by atoms with Gasteiger partial charge in [-0.15, -0.1) is 12.4 Å². The lowest BCUT2D eigenvalue weighted by Crippen LogP contribution is -2.61. The molecule has 0 spiro atoms. The molecule has 3 aromatic rings. The molecule has 1 saturated heterocycles. The van der Waals surface area contributed by atoms with Gasteiger partial charge in [-0.25, -0.2) is 0 Å². The third-order valence-corrected chi connectivity index (χ3v) is 7.52. The van der Waals surface area contributed by atoms with E-state index in [1.807, 2.05) is 66.7 Å². The molecule has 0 radical (unpaired) electrons. The molecule has 9 nitrogen and oxygen atoms in total. The molecule has 1 unspecified atom stereocenters. The molecule has 1 aliphatic heterocycles. The predicted octanol–water partition coefficient (Wildman–Crippen LogP) is 2.47. The molecule has 0 saturated carbocycles. The van der Waals surface area contributed by atoms with Crippen molar-refractivity contribution in [1.29, 1.82) is 0 Å². The van der Waals surface area contributed by atoms with Crippen LogP contribution in [0.5, 0.6) is 5.75 Å². The Balaban J connectivity index is 0.00000552. The third kappa shape index (κ3) is 10.3. The summed E-state index contributed by atoms with van der Waals surface area (Å²) in [4.78, 5) is 42.5. The highest BCUT2D eigenvalue weighted by Crippen LogP contribution is 2.13. The van der Waals surface area contributed by atoms with E-state index in [0.717, 1.165) is 23.2 Å². The molecule has 1 heterocycles. The number of hydrogen-bond donors (Lipinski definition) is 5. The molecule has 1 fully saturated rings. The van der Waals surface area contributed by atoms with Crippen LogP contribution >= 0.6 is 12.4 Å². The predicted molar refractivity (Wildman–Crippen MR) is 175 cm³/mol. The maximum atomic E-state index is 14.0. The second-order valence-corrected chi connectivity index (χ2v) is 10.8. The van der Waals surface area contributed by atoms with E-state index in [-0.39, 0.29) is 30.4 Å².